The van der Waals surface area contributed by atoms with Gasteiger partial charge in [0.25, 0.3) is 5.91 Å². The van der Waals surface area contributed by atoms with Gasteiger partial charge in [-0.25, -0.2) is 0 Å². The van der Waals surface area contributed by atoms with Crippen molar-refractivity contribution in [2.45, 2.75) is 44.7 Å². The third-order valence-corrected chi connectivity index (χ3v) is 5.93. The molecule has 2 aliphatic rings. The van der Waals surface area contributed by atoms with Gasteiger partial charge in [0.2, 0.25) is 5.91 Å². The lowest BCUT2D eigenvalue weighted by atomic mass is 9.74. The molecule has 2 heterocycles. The Morgan fingerprint density at radius 3 is 2.81 bits per heavy atom. The summed E-state index contributed by atoms with van der Waals surface area (Å²) in [6.45, 7) is 1.24. The van der Waals surface area contributed by atoms with Crippen LogP contribution in [0.5, 0.6) is 0 Å². The predicted octanol–water partition coefficient (Wildman–Crippen LogP) is 3.37. The molecule has 1 saturated heterocycles. The second-order valence-corrected chi connectivity index (χ2v) is 7.44. The van der Waals surface area contributed by atoms with Gasteiger partial charge in [-0.2, -0.15) is 0 Å². The van der Waals surface area contributed by atoms with E-state index in [4.69, 9.17) is 4.42 Å². The van der Waals surface area contributed by atoms with Crippen molar-refractivity contribution < 1.29 is 14.0 Å². The normalized spacial score (nSPS) is 25.2. The summed E-state index contributed by atoms with van der Waals surface area (Å²) in [5, 5.41) is 3.05. The standard InChI is InChI=1S/C21H24N2O3/c24-19-10-12-21(15-22-20(25)17-8-5-13-26-17)11-4-9-18(21)23(19)14-16-6-2-1-3-7-16/h1-3,5-8,13,18H,4,9-12,14-15H2,(H,22,25)/t18-,21+/m1/s1. The summed E-state index contributed by atoms with van der Waals surface area (Å²) >= 11 is 0. The van der Waals surface area contributed by atoms with Crippen molar-refractivity contribution in [1.29, 1.82) is 0 Å². The van der Waals surface area contributed by atoms with E-state index in [1.807, 2.05) is 23.1 Å². The second kappa shape index (κ2) is 6.98. The molecule has 1 aliphatic carbocycles. The molecule has 1 aliphatic heterocycles. The van der Waals surface area contributed by atoms with Gasteiger partial charge in [0, 0.05) is 31.0 Å². The molecule has 2 amide bonds. The number of piperidine rings is 1. The van der Waals surface area contributed by atoms with Gasteiger partial charge in [-0.1, -0.05) is 36.8 Å². The highest BCUT2D eigenvalue weighted by Gasteiger charge is 2.50. The first-order valence-corrected chi connectivity index (χ1v) is 9.33. The van der Waals surface area contributed by atoms with Gasteiger partial charge in [0.05, 0.1) is 6.26 Å². The summed E-state index contributed by atoms with van der Waals surface area (Å²) < 4.78 is 5.18. The number of benzene rings is 1. The zero-order chi connectivity index (χ0) is 18.0. The minimum absolute atomic E-state index is 0.0229. The quantitative estimate of drug-likeness (QED) is 0.897. The van der Waals surface area contributed by atoms with Crippen molar-refractivity contribution in [2.75, 3.05) is 6.54 Å². The van der Waals surface area contributed by atoms with Crippen LogP contribution in [0.25, 0.3) is 0 Å². The molecular formula is C21H24N2O3. The van der Waals surface area contributed by atoms with Gasteiger partial charge in [0.15, 0.2) is 5.76 Å². The maximum Gasteiger partial charge on any atom is 0.286 e. The van der Waals surface area contributed by atoms with Gasteiger partial charge in [0.1, 0.15) is 0 Å². The van der Waals surface area contributed by atoms with E-state index in [1.54, 1.807) is 12.1 Å². The molecule has 26 heavy (non-hydrogen) atoms. The van der Waals surface area contributed by atoms with E-state index in [2.05, 4.69) is 17.4 Å². The second-order valence-electron chi connectivity index (χ2n) is 7.44. The van der Waals surface area contributed by atoms with Crippen molar-refractivity contribution in [3.8, 4) is 0 Å². The number of amides is 2. The lowest BCUT2D eigenvalue weighted by Gasteiger charge is -2.46. The molecule has 5 heteroatoms. The Morgan fingerprint density at radius 2 is 2.04 bits per heavy atom. The van der Waals surface area contributed by atoms with Gasteiger partial charge < -0.3 is 14.6 Å². The van der Waals surface area contributed by atoms with E-state index in [0.717, 1.165) is 31.2 Å². The minimum Gasteiger partial charge on any atom is -0.459 e. The molecule has 5 nitrogen and oxygen atoms in total. The molecule has 1 aromatic carbocycles. The molecule has 0 spiro atoms. The van der Waals surface area contributed by atoms with Crippen LogP contribution >= 0.6 is 0 Å². The number of nitrogens with zero attached hydrogens (tertiary/aromatic N) is 1. The zero-order valence-corrected chi connectivity index (χ0v) is 14.8. The van der Waals surface area contributed by atoms with Crippen LogP contribution < -0.4 is 5.32 Å². The van der Waals surface area contributed by atoms with Crippen LogP contribution in [0.4, 0.5) is 0 Å². The number of hydrogen-bond donors (Lipinski definition) is 1. The summed E-state index contributed by atoms with van der Waals surface area (Å²) in [6, 6.07) is 13.7. The highest BCUT2D eigenvalue weighted by Crippen LogP contribution is 2.48. The molecule has 1 N–H and O–H groups in total. The first-order valence-electron chi connectivity index (χ1n) is 9.33. The number of hydrogen-bond acceptors (Lipinski definition) is 3. The van der Waals surface area contributed by atoms with Crippen LogP contribution in [-0.2, 0) is 11.3 Å². The van der Waals surface area contributed by atoms with Crippen molar-refractivity contribution in [3.05, 3.63) is 60.1 Å². The summed E-state index contributed by atoms with van der Waals surface area (Å²) in [6.07, 6.45) is 6.07. The van der Waals surface area contributed by atoms with E-state index in [-0.39, 0.29) is 23.3 Å². The maximum atomic E-state index is 12.6. The van der Waals surface area contributed by atoms with Crippen LogP contribution in [0.2, 0.25) is 0 Å². The summed E-state index contributed by atoms with van der Waals surface area (Å²) in [5.41, 5.74) is 1.13. The van der Waals surface area contributed by atoms with E-state index in [0.29, 0.717) is 25.3 Å². The molecular weight excluding hydrogens is 328 g/mol. The molecule has 0 bridgehead atoms. The highest BCUT2D eigenvalue weighted by atomic mass is 16.3. The first kappa shape index (κ1) is 16.9. The molecule has 2 atom stereocenters. The molecule has 136 valence electrons. The molecule has 1 saturated carbocycles. The van der Waals surface area contributed by atoms with Crippen molar-refractivity contribution in [3.63, 3.8) is 0 Å². The van der Waals surface area contributed by atoms with Crippen LogP contribution in [0.15, 0.2) is 53.1 Å². The number of furan rings is 1. The van der Waals surface area contributed by atoms with Crippen LogP contribution in [0.1, 0.15) is 48.2 Å². The largest absolute Gasteiger partial charge is 0.459 e. The van der Waals surface area contributed by atoms with Gasteiger partial charge >= 0.3 is 0 Å². The zero-order valence-electron chi connectivity index (χ0n) is 14.8. The monoisotopic (exact) mass is 352 g/mol. The van der Waals surface area contributed by atoms with E-state index < -0.39 is 0 Å². The molecule has 2 fully saturated rings. The number of carbonyl (C=O) groups excluding carboxylic acids is 2. The topological polar surface area (TPSA) is 62.6 Å². The lowest BCUT2D eigenvalue weighted by Crippen LogP contribution is -2.55. The Kier molecular flexibility index (Phi) is 4.53. The predicted molar refractivity (Wildman–Crippen MR) is 97.3 cm³/mol. The van der Waals surface area contributed by atoms with Crippen LogP contribution in [-0.4, -0.2) is 29.3 Å². The molecule has 0 radical (unpaired) electrons. The fraction of sp³-hybridized carbons (Fsp3) is 0.429. The van der Waals surface area contributed by atoms with E-state index in [1.165, 1.54) is 6.26 Å². The Hall–Kier alpha value is -2.56. The summed E-state index contributed by atoms with van der Waals surface area (Å²) in [5.74, 6) is 0.388. The lowest BCUT2D eigenvalue weighted by molar-refractivity contribution is -0.142. The minimum atomic E-state index is -0.179. The molecule has 4 rings (SSSR count). The number of fused-ring (bicyclic) bond motifs is 1. The van der Waals surface area contributed by atoms with Crippen molar-refractivity contribution >= 4 is 11.8 Å². The number of nitrogens with one attached hydrogen (secondary N) is 1. The number of carbonyl (C=O) groups is 2. The van der Waals surface area contributed by atoms with Gasteiger partial charge in [-0.15, -0.1) is 0 Å². The van der Waals surface area contributed by atoms with E-state index >= 15 is 0 Å². The van der Waals surface area contributed by atoms with Gasteiger partial charge in [-0.05, 0) is 37.0 Å². The highest BCUT2D eigenvalue weighted by molar-refractivity contribution is 5.91. The maximum absolute atomic E-state index is 12.6. The Bertz CT molecular complexity index is 772. The Balaban J connectivity index is 1.50. The van der Waals surface area contributed by atoms with Gasteiger partial charge in [-0.3, -0.25) is 9.59 Å². The average molecular weight is 352 g/mol. The van der Waals surface area contributed by atoms with Crippen LogP contribution in [0, 0.1) is 5.41 Å². The number of likely N-dealkylation sites (tertiary alicyclic amines) is 1. The molecule has 0 unspecified atom stereocenters. The average Bonchev–Trinajstić information content (AvgIpc) is 3.33. The van der Waals surface area contributed by atoms with E-state index in [9.17, 15) is 9.59 Å². The fourth-order valence-corrected chi connectivity index (χ4v) is 4.60. The molecule has 2 aromatic rings. The molecule has 1 aromatic heterocycles. The Morgan fingerprint density at radius 1 is 1.19 bits per heavy atom. The smallest absolute Gasteiger partial charge is 0.286 e. The Labute approximate surface area is 153 Å². The SMILES string of the molecule is O=C(NC[C@@]12CCC[C@H]1N(Cc1ccccc1)C(=O)CC2)c1ccco1. The van der Waals surface area contributed by atoms with Crippen LogP contribution in [0.3, 0.4) is 0 Å². The van der Waals surface area contributed by atoms with Crippen molar-refractivity contribution in [2.24, 2.45) is 5.41 Å². The third-order valence-electron chi connectivity index (χ3n) is 5.93. The number of rotatable bonds is 5. The summed E-state index contributed by atoms with van der Waals surface area (Å²) in [4.78, 5) is 27.0. The third kappa shape index (κ3) is 3.14. The fourth-order valence-electron chi connectivity index (χ4n) is 4.60. The summed E-state index contributed by atoms with van der Waals surface area (Å²) in [7, 11) is 0. The van der Waals surface area contributed by atoms with Crippen molar-refractivity contribution in [1.82, 2.24) is 10.2 Å². The first-order chi connectivity index (χ1) is 12.7.